The van der Waals surface area contributed by atoms with Gasteiger partial charge in [0.2, 0.25) is 0 Å². The van der Waals surface area contributed by atoms with Gasteiger partial charge in [-0.1, -0.05) is 26.0 Å². The maximum atomic E-state index is 5.89. The third-order valence-electron chi connectivity index (χ3n) is 5.14. The fraction of sp³-hybridized carbons (Fsp3) is 0.625. The van der Waals surface area contributed by atoms with Crippen LogP contribution in [0.25, 0.3) is 0 Å². The van der Waals surface area contributed by atoms with E-state index in [9.17, 15) is 0 Å². The van der Waals surface area contributed by atoms with Crippen LogP contribution < -0.4 is 10.6 Å². The zero-order valence-electron chi connectivity index (χ0n) is 11.7. The van der Waals surface area contributed by atoms with E-state index in [0.29, 0.717) is 17.3 Å². The molecule has 2 aliphatic rings. The molecule has 1 aliphatic heterocycles. The van der Waals surface area contributed by atoms with Crippen molar-refractivity contribution in [1.82, 2.24) is 0 Å². The van der Waals surface area contributed by atoms with Gasteiger partial charge in [-0.3, -0.25) is 0 Å². The summed E-state index contributed by atoms with van der Waals surface area (Å²) in [5.74, 6) is 1.34. The molecule has 0 aromatic heterocycles. The van der Waals surface area contributed by atoms with E-state index in [2.05, 4.69) is 43.9 Å². The van der Waals surface area contributed by atoms with E-state index >= 15 is 0 Å². The molecule has 0 radical (unpaired) electrons. The van der Waals surface area contributed by atoms with Crippen molar-refractivity contribution in [2.45, 2.75) is 33.1 Å². The average Bonchev–Trinajstić information content (AvgIpc) is 2.72. The number of hydrogen-bond donors (Lipinski definition) is 1. The van der Waals surface area contributed by atoms with Crippen molar-refractivity contribution < 1.29 is 0 Å². The molecule has 0 spiro atoms. The van der Waals surface area contributed by atoms with Crippen LogP contribution >= 0.6 is 0 Å². The molecule has 1 fully saturated rings. The van der Waals surface area contributed by atoms with Crippen LogP contribution in [0.2, 0.25) is 0 Å². The molecule has 2 heteroatoms. The van der Waals surface area contributed by atoms with Crippen molar-refractivity contribution in [2.75, 3.05) is 24.5 Å². The molecule has 2 atom stereocenters. The first-order chi connectivity index (χ1) is 8.59. The maximum Gasteiger partial charge on any atom is 0.0399 e. The third kappa shape index (κ3) is 1.58. The molecule has 1 aromatic carbocycles. The summed E-state index contributed by atoms with van der Waals surface area (Å²) in [7, 11) is 0. The van der Waals surface area contributed by atoms with E-state index in [-0.39, 0.29) is 0 Å². The van der Waals surface area contributed by atoms with Crippen molar-refractivity contribution in [3.05, 3.63) is 29.3 Å². The van der Waals surface area contributed by atoms with Crippen LogP contribution in [-0.4, -0.2) is 19.6 Å². The lowest BCUT2D eigenvalue weighted by molar-refractivity contribution is 0.558. The Morgan fingerprint density at radius 1 is 1.39 bits per heavy atom. The van der Waals surface area contributed by atoms with Gasteiger partial charge in [-0.25, -0.2) is 0 Å². The number of anilines is 1. The van der Waals surface area contributed by atoms with Crippen LogP contribution in [0.3, 0.4) is 0 Å². The van der Waals surface area contributed by atoms with E-state index < -0.39 is 0 Å². The predicted molar refractivity (Wildman–Crippen MR) is 77.1 cm³/mol. The summed E-state index contributed by atoms with van der Waals surface area (Å²) in [5.41, 5.74) is 10.8. The van der Waals surface area contributed by atoms with E-state index in [1.54, 1.807) is 0 Å². The molecule has 0 saturated heterocycles. The summed E-state index contributed by atoms with van der Waals surface area (Å²) < 4.78 is 0. The Bertz CT molecular complexity index is 464. The van der Waals surface area contributed by atoms with Crippen molar-refractivity contribution in [1.29, 1.82) is 0 Å². The smallest absolute Gasteiger partial charge is 0.0399 e. The Morgan fingerprint density at radius 2 is 2.17 bits per heavy atom. The fourth-order valence-corrected chi connectivity index (χ4v) is 3.86. The molecule has 2 N–H and O–H groups in total. The summed E-state index contributed by atoms with van der Waals surface area (Å²) in [6.45, 7) is 10.0. The van der Waals surface area contributed by atoms with Crippen molar-refractivity contribution in [2.24, 2.45) is 17.1 Å². The highest BCUT2D eigenvalue weighted by molar-refractivity contribution is 5.60. The van der Waals surface area contributed by atoms with Gasteiger partial charge < -0.3 is 10.6 Å². The van der Waals surface area contributed by atoms with Crippen LogP contribution in [0.4, 0.5) is 5.69 Å². The number of likely N-dealkylation sites (N-methyl/N-ethyl adjacent to an activating group) is 1. The quantitative estimate of drug-likeness (QED) is 0.886. The average molecular weight is 244 g/mol. The lowest BCUT2D eigenvalue weighted by Crippen LogP contribution is -2.18. The van der Waals surface area contributed by atoms with Gasteiger partial charge in [0.15, 0.2) is 0 Å². The first kappa shape index (κ1) is 12.0. The van der Waals surface area contributed by atoms with Gasteiger partial charge >= 0.3 is 0 Å². The minimum atomic E-state index is 0.395. The topological polar surface area (TPSA) is 29.3 Å². The molecule has 18 heavy (non-hydrogen) atoms. The Balaban J connectivity index is 1.89. The number of nitrogens with zero attached hydrogens (tertiary/aromatic N) is 1. The second-order valence-corrected chi connectivity index (χ2v) is 6.36. The first-order valence-electron chi connectivity index (χ1n) is 7.17. The molecular formula is C16H24N2. The highest BCUT2D eigenvalue weighted by atomic mass is 15.1. The zero-order valence-corrected chi connectivity index (χ0v) is 11.7. The molecule has 3 rings (SSSR count). The molecule has 1 aliphatic carbocycles. The second-order valence-electron chi connectivity index (χ2n) is 6.36. The monoisotopic (exact) mass is 244 g/mol. The minimum absolute atomic E-state index is 0.395. The van der Waals surface area contributed by atoms with Crippen LogP contribution in [0.5, 0.6) is 0 Å². The Kier molecular flexibility index (Phi) is 2.67. The molecule has 2 nitrogen and oxygen atoms in total. The first-order valence-corrected chi connectivity index (χ1v) is 7.17. The van der Waals surface area contributed by atoms with Crippen LogP contribution in [-0.2, 0) is 6.42 Å². The van der Waals surface area contributed by atoms with Crippen LogP contribution in [0.1, 0.15) is 37.8 Å². The number of nitrogens with two attached hydrogens (primary N) is 1. The third-order valence-corrected chi connectivity index (χ3v) is 5.14. The number of hydrogen-bond acceptors (Lipinski definition) is 2. The van der Waals surface area contributed by atoms with Crippen molar-refractivity contribution in [3.8, 4) is 0 Å². The molecular weight excluding hydrogens is 220 g/mol. The summed E-state index contributed by atoms with van der Waals surface area (Å²) in [6, 6.07) is 7.09. The molecule has 0 unspecified atom stereocenters. The fourth-order valence-electron chi connectivity index (χ4n) is 3.86. The second kappa shape index (κ2) is 3.99. The van der Waals surface area contributed by atoms with Crippen molar-refractivity contribution >= 4 is 5.69 Å². The normalized spacial score (nSPS) is 28.3. The highest BCUT2D eigenvalue weighted by Gasteiger charge is 2.57. The lowest BCUT2D eigenvalue weighted by atomic mass is 10.00. The van der Waals surface area contributed by atoms with Gasteiger partial charge in [-0.15, -0.1) is 0 Å². The van der Waals surface area contributed by atoms with Crippen LogP contribution in [0, 0.1) is 11.3 Å². The highest BCUT2D eigenvalue weighted by Crippen LogP contribution is 2.64. The summed E-state index contributed by atoms with van der Waals surface area (Å²) >= 11 is 0. The van der Waals surface area contributed by atoms with E-state index in [1.807, 2.05) is 0 Å². The van der Waals surface area contributed by atoms with Crippen molar-refractivity contribution in [3.63, 3.8) is 0 Å². The SMILES string of the molecule is CCN1CCc2cc([C@@H]3[C@@H](CN)C3(C)C)ccc21. The van der Waals surface area contributed by atoms with Gasteiger partial charge in [-0.05, 0) is 54.3 Å². The summed E-state index contributed by atoms with van der Waals surface area (Å²) in [5, 5.41) is 0. The van der Waals surface area contributed by atoms with E-state index in [0.717, 1.165) is 13.1 Å². The predicted octanol–water partition coefficient (Wildman–Crippen LogP) is 2.77. The summed E-state index contributed by atoms with van der Waals surface area (Å²) in [4.78, 5) is 2.47. The zero-order chi connectivity index (χ0) is 12.9. The number of rotatable bonds is 3. The molecule has 0 bridgehead atoms. The van der Waals surface area contributed by atoms with Gasteiger partial charge in [-0.2, -0.15) is 0 Å². The molecule has 98 valence electrons. The van der Waals surface area contributed by atoms with E-state index in [1.165, 1.54) is 29.8 Å². The molecule has 1 heterocycles. The maximum absolute atomic E-state index is 5.89. The molecule has 1 saturated carbocycles. The van der Waals surface area contributed by atoms with Gasteiger partial charge in [0, 0.05) is 18.8 Å². The summed E-state index contributed by atoms with van der Waals surface area (Å²) in [6.07, 6.45) is 1.21. The number of fused-ring (bicyclic) bond motifs is 1. The van der Waals surface area contributed by atoms with Gasteiger partial charge in [0.1, 0.15) is 0 Å². The Hall–Kier alpha value is -1.02. The Labute approximate surface area is 110 Å². The number of benzene rings is 1. The lowest BCUT2D eigenvalue weighted by Gasteiger charge is -2.16. The standard InChI is InChI=1S/C16H24N2/c1-4-18-8-7-11-9-12(5-6-14(11)18)15-13(10-17)16(15,2)3/h5-6,9,13,15H,4,7-8,10,17H2,1-3H3/t13-,15-/m1/s1. The van der Waals surface area contributed by atoms with Gasteiger partial charge in [0.25, 0.3) is 0 Å². The largest absolute Gasteiger partial charge is 0.371 e. The van der Waals surface area contributed by atoms with Crippen LogP contribution in [0.15, 0.2) is 18.2 Å². The molecule has 1 aromatic rings. The van der Waals surface area contributed by atoms with E-state index in [4.69, 9.17) is 5.73 Å². The molecule has 0 amide bonds. The van der Waals surface area contributed by atoms with Gasteiger partial charge in [0.05, 0.1) is 0 Å². The minimum Gasteiger partial charge on any atom is -0.371 e. The Morgan fingerprint density at radius 3 is 2.78 bits per heavy atom.